The lowest BCUT2D eigenvalue weighted by atomic mass is 9.76. The van der Waals surface area contributed by atoms with Crippen molar-refractivity contribution in [3.8, 4) is 0 Å². The van der Waals surface area contributed by atoms with Crippen molar-refractivity contribution in [2.75, 3.05) is 32.8 Å². The van der Waals surface area contributed by atoms with E-state index in [2.05, 4.69) is 25.7 Å². The molecule has 0 aromatic heterocycles. The summed E-state index contributed by atoms with van der Waals surface area (Å²) in [5, 5.41) is 8.36. The van der Waals surface area contributed by atoms with Crippen LogP contribution < -0.4 is 0 Å². The lowest BCUT2D eigenvalue weighted by molar-refractivity contribution is -0.142. The first-order chi connectivity index (χ1) is 6.89. The zero-order valence-electron chi connectivity index (χ0n) is 9.82. The van der Waals surface area contributed by atoms with Gasteiger partial charge in [0, 0.05) is 19.6 Å². The molecule has 4 nitrogen and oxygen atoms in total. The van der Waals surface area contributed by atoms with Crippen molar-refractivity contribution in [1.29, 1.82) is 0 Å². The molecule has 0 amide bonds. The van der Waals surface area contributed by atoms with Crippen LogP contribution in [-0.2, 0) is 9.53 Å². The zero-order valence-corrected chi connectivity index (χ0v) is 9.82. The maximum Gasteiger partial charge on any atom is 0.329 e. The minimum absolute atomic E-state index is 0.184. The van der Waals surface area contributed by atoms with Crippen molar-refractivity contribution in [3.05, 3.63) is 0 Å². The first kappa shape index (κ1) is 12.5. The second-order valence-electron chi connectivity index (χ2n) is 5.27. The molecule has 0 atom stereocenters. The number of carbonyl (C=O) groups is 1. The second kappa shape index (κ2) is 4.94. The van der Waals surface area contributed by atoms with Crippen LogP contribution in [0.5, 0.6) is 0 Å². The van der Waals surface area contributed by atoms with E-state index in [9.17, 15) is 4.79 Å². The highest BCUT2D eigenvalue weighted by atomic mass is 16.5. The maximum absolute atomic E-state index is 10.2. The molecule has 1 fully saturated rings. The largest absolute Gasteiger partial charge is 0.480 e. The van der Waals surface area contributed by atoms with Crippen LogP contribution in [0.2, 0.25) is 0 Å². The van der Waals surface area contributed by atoms with Crippen LogP contribution in [0.15, 0.2) is 0 Å². The summed E-state index contributed by atoms with van der Waals surface area (Å²) in [7, 11) is 0. The van der Waals surface area contributed by atoms with Crippen molar-refractivity contribution in [3.63, 3.8) is 0 Å². The molecule has 1 aliphatic heterocycles. The normalized spacial score (nSPS) is 18.9. The Balaban J connectivity index is 2.01. The number of carboxylic acids is 1. The first-order valence-electron chi connectivity index (χ1n) is 5.41. The maximum atomic E-state index is 10.2. The second-order valence-corrected chi connectivity index (χ2v) is 5.27. The smallest absolute Gasteiger partial charge is 0.329 e. The van der Waals surface area contributed by atoms with Crippen molar-refractivity contribution >= 4 is 5.97 Å². The quantitative estimate of drug-likeness (QED) is 0.697. The van der Waals surface area contributed by atoms with Gasteiger partial charge in [-0.3, -0.25) is 0 Å². The molecule has 0 bridgehead atoms. The third kappa shape index (κ3) is 4.18. The Morgan fingerprint density at radius 1 is 1.47 bits per heavy atom. The first-order valence-corrected chi connectivity index (χ1v) is 5.41. The SMILES string of the molecule is CC(C)(C)C1CN(CCOCC(=O)O)C1. The number of ether oxygens (including phenoxy) is 1. The van der Waals surface area contributed by atoms with E-state index in [-0.39, 0.29) is 6.61 Å². The van der Waals surface area contributed by atoms with E-state index in [1.54, 1.807) is 0 Å². The fraction of sp³-hybridized carbons (Fsp3) is 0.909. The molecule has 0 spiro atoms. The van der Waals surface area contributed by atoms with Crippen LogP contribution in [0.4, 0.5) is 0 Å². The Bertz CT molecular complexity index is 216. The number of carboxylic acid groups (broad SMARTS) is 1. The van der Waals surface area contributed by atoms with Crippen molar-refractivity contribution in [2.45, 2.75) is 20.8 Å². The highest BCUT2D eigenvalue weighted by Gasteiger charge is 2.35. The van der Waals surface area contributed by atoms with Crippen LogP contribution in [0.25, 0.3) is 0 Å². The topological polar surface area (TPSA) is 49.8 Å². The zero-order chi connectivity index (χ0) is 11.5. The van der Waals surface area contributed by atoms with Crippen LogP contribution in [0, 0.1) is 11.3 Å². The molecule has 15 heavy (non-hydrogen) atoms. The van der Waals surface area contributed by atoms with Crippen LogP contribution >= 0.6 is 0 Å². The van der Waals surface area contributed by atoms with Gasteiger partial charge in [-0.1, -0.05) is 20.8 Å². The molecule has 0 aromatic carbocycles. The van der Waals surface area contributed by atoms with E-state index in [4.69, 9.17) is 9.84 Å². The predicted molar refractivity (Wildman–Crippen MR) is 57.8 cm³/mol. The molecule has 1 N–H and O–H groups in total. The lowest BCUT2D eigenvalue weighted by Gasteiger charge is -2.46. The van der Waals surface area contributed by atoms with Gasteiger partial charge in [-0.25, -0.2) is 4.79 Å². The summed E-state index contributed by atoms with van der Waals surface area (Å²) in [5.74, 6) is -0.136. The summed E-state index contributed by atoms with van der Waals surface area (Å²) in [6.07, 6.45) is 0. The van der Waals surface area contributed by atoms with Gasteiger partial charge >= 0.3 is 5.97 Å². The Morgan fingerprint density at radius 3 is 2.53 bits per heavy atom. The Kier molecular flexibility index (Phi) is 4.11. The molecule has 0 saturated carbocycles. The number of rotatable bonds is 5. The minimum atomic E-state index is -0.897. The van der Waals surface area contributed by atoms with Gasteiger partial charge < -0.3 is 14.7 Å². The fourth-order valence-electron chi connectivity index (χ4n) is 1.65. The van der Waals surface area contributed by atoms with E-state index >= 15 is 0 Å². The van der Waals surface area contributed by atoms with Gasteiger partial charge in [0.25, 0.3) is 0 Å². The molecule has 4 heteroatoms. The standard InChI is InChI=1S/C11H21NO3/c1-11(2,3)9-6-12(7-9)4-5-15-8-10(13)14/h9H,4-8H2,1-3H3,(H,13,14). The monoisotopic (exact) mass is 215 g/mol. The third-order valence-corrected chi connectivity index (χ3v) is 2.96. The highest BCUT2D eigenvalue weighted by Crippen LogP contribution is 2.33. The molecular formula is C11H21NO3. The van der Waals surface area contributed by atoms with E-state index in [0.717, 1.165) is 25.6 Å². The lowest BCUT2D eigenvalue weighted by Crippen LogP contribution is -2.52. The predicted octanol–water partition coefficient (Wildman–Crippen LogP) is 1.07. The Hall–Kier alpha value is -0.610. The number of hydrogen-bond acceptors (Lipinski definition) is 3. The minimum Gasteiger partial charge on any atom is -0.480 e. The molecule has 0 radical (unpaired) electrons. The van der Waals surface area contributed by atoms with Crippen molar-refractivity contribution in [1.82, 2.24) is 4.90 Å². The van der Waals surface area contributed by atoms with Gasteiger partial charge in [0.15, 0.2) is 0 Å². The summed E-state index contributed by atoms with van der Waals surface area (Å²) in [6, 6.07) is 0. The highest BCUT2D eigenvalue weighted by molar-refractivity contribution is 5.67. The molecule has 1 aliphatic rings. The Morgan fingerprint density at radius 2 is 2.07 bits per heavy atom. The van der Waals surface area contributed by atoms with Crippen molar-refractivity contribution < 1.29 is 14.6 Å². The summed E-state index contributed by atoms with van der Waals surface area (Å²) < 4.78 is 4.98. The van der Waals surface area contributed by atoms with Gasteiger partial charge in [-0.15, -0.1) is 0 Å². The van der Waals surface area contributed by atoms with E-state index < -0.39 is 5.97 Å². The molecule has 1 rings (SSSR count). The number of likely N-dealkylation sites (tertiary alicyclic amines) is 1. The van der Waals surface area contributed by atoms with Crippen molar-refractivity contribution in [2.24, 2.45) is 11.3 Å². The molecule has 1 heterocycles. The van der Waals surface area contributed by atoms with Crippen LogP contribution in [0.3, 0.4) is 0 Å². The average molecular weight is 215 g/mol. The molecular weight excluding hydrogens is 194 g/mol. The fourth-order valence-corrected chi connectivity index (χ4v) is 1.65. The van der Waals surface area contributed by atoms with Gasteiger partial charge in [-0.05, 0) is 11.3 Å². The van der Waals surface area contributed by atoms with Gasteiger partial charge in [-0.2, -0.15) is 0 Å². The van der Waals surface area contributed by atoms with E-state index in [1.807, 2.05) is 0 Å². The average Bonchev–Trinajstić information content (AvgIpc) is 1.96. The van der Waals surface area contributed by atoms with Crippen LogP contribution in [0.1, 0.15) is 20.8 Å². The third-order valence-electron chi connectivity index (χ3n) is 2.96. The number of nitrogens with zero attached hydrogens (tertiary/aromatic N) is 1. The molecule has 0 aliphatic carbocycles. The molecule has 0 unspecified atom stereocenters. The Labute approximate surface area is 91.2 Å². The number of aliphatic carboxylic acids is 1. The van der Waals surface area contributed by atoms with Crippen LogP contribution in [-0.4, -0.2) is 48.8 Å². The molecule has 0 aromatic rings. The molecule has 88 valence electrons. The summed E-state index contributed by atoms with van der Waals surface area (Å²) in [4.78, 5) is 12.5. The van der Waals surface area contributed by atoms with E-state index in [1.165, 1.54) is 0 Å². The van der Waals surface area contributed by atoms with Gasteiger partial charge in [0.2, 0.25) is 0 Å². The summed E-state index contributed by atoms with van der Waals surface area (Å²) >= 11 is 0. The van der Waals surface area contributed by atoms with Gasteiger partial charge in [0.05, 0.1) is 6.61 Å². The van der Waals surface area contributed by atoms with Gasteiger partial charge in [0.1, 0.15) is 6.61 Å². The molecule has 1 saturated heterocycles. The number of hydrogen-bond donors (Lipinski definition) is 1. The summed E-state index contributed by atoms with van der Waals surface area (Å²) in [5.41, 5.74) is 0.387. The summed E-state index contributed by atoms with van der Waals surface area (Å²) in [6.45, 7) is 10.2. The van der Waals surface area contributed by atoms with E-state index in [0.29, 0.717) is 12.0 Å².